The number of carbonyl (C=O) groups is 2. The molecular formula is C37H46N2O6. The lowest BCUT2D eigenvalue weighted by atomic mass is 9.64. The van der Waals surface area contributed by atoms with Crippen LogP contribution in [0.25, 0.3) is 16.8 Å². The van der Waals surface area contributed by atoms with Gasteiger partial charge in [0.25, 0.3) is 5.91 Å². The fourth-order valence-corrected chi connectivity index (χ4v) is 6.74. The summed E-state index contributed by atoms with van der Waals surface area (Å²) in [4.78, 5) is 32.8. The van der Waals surface area contributed by atoms with Crippen LogP contribution in [0.5, 0.6) is 5.75 Å². The van der Waals surface area contributed by atoms with Crippen LogP contribution >= 0.6 is 0 Å². The molecule has 2 fully saturated rings. The third-order valence-corrected chi connectivity index (χ3v) is 9.31. The molecule has 1 aliphatic heterocycles. The average molecular weight is 615 g/mol. The molecule has 5 rings (SSSR count). The maximum atomic E-state index is 13.0. The highest BCUT2D eigenvalue weighted by Gasteiger charge is 2.49. The van der Waals surface area contributed by atoms with Gasteiger partial charge in [-0.05, 0) is 65.8 Å². The molecule has 0 bridgehead atoms. The number of hydrogen-bond acceptors (Lipinski definition) is 5. The van der Waals surface area contributed by atoms with Crippen molar-refractivity contribution < 1.29 is 29.0 Å². The van der Waals surface area contributed by atoms with Gasteiger partial charge < -0.3 is 14.6 Å². The largest absolute Gasteiger partial charge is 0.489 e. The van der Waals surface area contributed by atoms with Gasteiger partial charge in [0, 0.05) is 30.5 Å². The zero-order valence-electron chi connectivity index (χ0n) is 26.7. The van der Waals surface area contributed by atoms with Gasteiger partial charge in [0.1, 0.15) is 12.4 Å². The van der Waals surface area contributed by atoms with Gasteiger partial charge in [-0.1, -0.05) is 94.6 Å². The molecule has 0 aromatic heterocycles. The molecule has 240 valence electrons. The molecule has 8 heteroatoms. The Balaban J connectivity index is 1.40. The monoisotopic (exact) mass is 614 g/mol. The Labute approximate surface area is 266 Å². The first-order chi connectivity index (χ1) is 21.7. The molecule has 0 spiro atoms. The van der Waals surface area contributed by atoms with Gasteiger partial charge in [-0.2, -0.15) is 0 Å². The van der Waals surface area contributed by atoms with Crippen molar-refractivity contribution in [3.8, 4) is 5.75 Å². The summed E-state index contributed by atoms with van der Waals surface area (Å²) in [6.45, 7) is 7.52. The van der Waals surface area contributed by atoms with Crippen molar-refractivity contribution in [3.05, 3.63) is 83.4 Å². The zero-order valence-corrected chi connectivity index (χ0v) is 26.7. The van der Waals surface area contributed by atoms with Crippen molar-refractivity contribution in [3.63, 3.8) is 0 Å². The van der Waals surface area contributed by atoms with Crippen molar-refractivity contribution >= 4 is 28.8 Å². The number of amides is 2. The molecule has 1 unspecified atom stereocenters. The number of fused-ring (bicyclic) bond motifs is 1. The Kier molecular flexibility index (Phi) is 10.5. The maximum absolute atomic E-state index is 13.0. The van der Waals surface area contributed by atoms with E-state index in [0.717, 1.165) is 79.0 Å². The minimum atomic E-state index is -0.920. The second-order valence-electron chi connectivity index (χ2n) is 13.2. The number of carbonyl (C=O) groups excluding carboxylic acids is 1. The van der Waals surface area contributed by atoms with Crippen LogP contribution in [-0.4, -0.2) is 53.6 Å². The third kappa shape index (κ3) is 7.86. The van der Waals surface area contributed by atoms with Crippen molar-refractivity contribution in [2.24, 2.45) is 5.41 Å². The third-order valence-electron chi connectivity index (χ3n) is 9.31. The lowest BCUT2D eigenvalue weighted by Gasteiger charge is -2.53. The summed E-state index contributed by atoms with van der Waals surface area (Å²) in [5.74, 6) is 0.402. The van der Waals surface area contributed by atoms with Crippen LogP contribution in [0, 0.1) is 5.41 Å². The molecule has 1 saturated heterocycles. The van der Waals surface area contributed by atoms with E-state index < -0.39 is 17.9 Å². The second-order valence-corrected chi connectivity index (χ2v) is 13.2. The van der Waals surface area contributed by atoms with E-state index in [4.69, 9.17) is 14.3 Å². The van der Waals surface area contributed by atoms with Crippen LogP contribution < -0.4 is 10.2 Å². The summed E-state index contributed by atoms with van der Waals surface area (Å²) < 4.78 is 11.9. The number of carboxylic acid groups (broad SMARTS) is 1. The van der Waals surface area contributed by atoms with E-state index in [9.17, 15) is 14.7 Å². The number of hydrogen-bond donors (Lipinski definition) is 2. The van der Waals surface area contributed by atoms with Gasteiger partial charge in [0.15, 0.2) is 6.29 Å². The van der Waals surface area contributed by atoms with Crippen LogP contribution in [0.4, 0.5) is 4.79 Å². The summed E-state index contributed by atoms with van der Waals surface area (Å²) in [5.41, 5.74) is 3.90. The summed E-state index contributed by atoms with van der Waals surface area (Å²) in [5, 5.41) is 12.7. The molecule has 3 aromatic carbocycles. The number of rotatable bonds is 10. The first kappa shape index (κ1) is 32.5. The summed E-state index contributed by atoms with van der Waals surface area (Å²) in [7, 11) is 0. The minimum Gasteiger partial charge on any atom is -0.489 e. The number of benzene rings is 3. The van der Waals surface area contributed by atoms with Crippen molar-refractivity contribution in [1.82, 2.24) is 10.4 Å². The molecule has 1 heterocycles. The van der Waals surface area contributed by atoms with Crippen LogP contribution in [0.15, 0.2) is 72.3 Å². The fourth-order valence-electron chi connectivity index (χ4n) is 6.74. The maximum Gasteiger partial charge on any atom is 0.408 e. The van der Waals surface area contributed by atoms with E-state index >= 15 is 0 Å². The SMILES string of the molecule is CC(C)(C)C1(N(CC(=Cc2ccc(C(=O)NOC3CCCCO3)cc2)COc2cccc3ccccc23)C(=O)O)CCCCC1. The van der Waals surface area contributed by atoms with E-state index in [-0.39, 0.29) is 24.5 Å². The van der Waals surface area contributed by atoms with Crippen LogP contribution in [-0.2, 0) is 9.57 Å². The van der Waals surface area contributed by atoms with Gasteiger partial charge in [0.2, 0.25) is 0 Å². The molecule has 3 aromatic rings. The highest BCUT2D eigenvalue weighted by atomic mass is 16.8. The Hall–Kier alpha value is -3.88. The topological polar surface area (TPSA) is 97.3 Å². The van der Waals surface area contributed by atoms with Gasteiger partial charge in [-0.15, -0.1) is 0 Å². The lowest BCUT2D eigenvalue weighted by Crippen LogP contribution is -2.60. The van der Waals surface area contributed by atoms with Crippen LogP contribution in [0.3, 0.4) is 0 Å². The van der Waals surface area contributed by atoms with E-state index in [1.165, 1.54) is 0 Å². The van der Waals surface area contributed by atoms with Gasteiger partial charge in [0.05, 0.1) is 5.54 Å². The minimum absolute atomic E-state index is 0.217. The van der Waals surface area contributed by atoms with Crippen molar-refractivity contribution in [1.29, 1.82) is 0 Å². The molecule has 1 atom stereocenters. The molecule has 8 nitrogen and oxygen atoms in total. The fraction of sp³-hybridized carbons (Fsp3) is 0.459. The highest BCUT2D eigenvalue weighted by molar-refractivity contribution is 5.93. The van der Waals surface area contributed by atoms with Crippen molar-refractivity contribution in [2.45, 2.75) is 84.0 Å². The lowest BCUT2D eigenvalue weighted by molar-refractivity contribution is -0.186. The summed E-state index contributed by atoms with van der Waals surface area (Å²) in [6, 6.07) is 21.2. The molecule has 2 aliphatic rings. The van der Waals surface area contributed by atoms with E-state index in [0.29, 0.717) is 12.2 Å². The first-order valence-corrected chi connectivity index (χ1v) is 16.1. The first-order valence-electron chi connectivity index (χ1n) is 16.1. The predicted molar refractivity (Wildman–Crippen MR) is 176 cm³/mol. The molecular weight excluding hydrogens is 568 g/mol. The van der Waals surface area contributed by atoms with Gasteiger partial charge >= 0.3 is 6.09 Å². The highest BCUT2D eigenvalue weighted by Crippen LogP contribution is 2.47. The van der Waals surface area contributed by atoms with E-state index in [1.807, 2.05) is 60.7 Å². The number of nitrogens with one attached hydrogen (secondary N) is 1. The standard InChI is InChI=1S/C37H46N2O6/c1-36(2,3)37(21-8-4-9-22-37)39(35(41)42)25-28(26-44-32-15-11-13-29-12-5-6-14-31(29)32)24-27-17-19-30(20-18-27)34(40)38-45-33-16-7-10-23-43-33/h5-6,11-15,17-20,24,33H,4,7-10,16,21-23,25-26H2,1-3H3,(H,38,40)(H,41,42). The zero-order chi connectivity index (χ0) is 31.9. The Morgan fingerprint density at radius 1 is 0.978 bits per heavy atom. The Morgan fingerprint density at radius 2 is 1.71 bits per heavy atom. The Bertz CT molecular complexity index is 1480. The predicted octanol–water partition coefficient (Wildman–Crippen LogP) is 8.22. The molecule has 1 saturated carbocycles. The van der Waals surface area contributed by atoms with E-state index in [1.54, 1.807) is 17.0 Å². The molecule has 1 aliphatic carbocycles. The normalized spacial score (nSPS) is 18.7. The smallest absolute Gasteiger partial charge is 0.408 e. The van der Waals surface area contributed by atoms with Crippen molar-refractivity contribution in [2.75, 3.05) is 19.8 Å². The van der Waals surface area contributed by atoms with Gasteiger partial charge in [-0.25, -0.2) is 15.1 Å². The van der Waals surface area contributed by atoms with E-state index in [2.05, 4.69) is 26.3 Å². The second kappa shape index (κ2) is 14.5. The summed E-state index contributed by atoms with van der Waals surface area (Å²) >= 11 is 0. The van der Waals surface area contributed by atoms with Crippen LogP contribution in [0.1, 0.15) is 88.1 Å². The quantitative estimate of drug-likeness (QED) is 0.223. The molecule has 45 heavy (non-hydrogen) atoms. The number of hydroxylamine groups is 1. The Morgan fingerprint density at radius 3 is 2.40 bits per heavy atom. The molecule has 2 N–H and O–H groups in total. The van der Waals surface area contributed by atoms with Gasteiger partial charge in [-0.3, -0.25) is 9.69 Å². The van der Waals surface area contributed by atoms with Crippen LogP contribution in [0.2, 0.25) is 0 Å². The molecule has 0 radical (unpaired) electrons. The number of ether oxygens (including phenoxy) is 2. The number of nitrogens with zero attached hydrogens (tertiary/aromatic N) is 1. The molecule has 2 amide bonds. The summed E-state index contributed by atoms with van der Waals surface area (Å²) in [6.07, 6.45) is 8.19. The average Bonchev–Trinajstić information content (AvgIpc) is 3.05.